The Morgan fingerprint density at radius 1 is 1.00 bits per heavy atom. The maximum Gasteiger partial charge on any atom is 0.238 e. The molecule has 2 aliphatic rings. The van der Waals surface area contributed by atoms with E-state index in [1.165, 1.54) is 4.90 Å². The fraction of sp³-hybridized carbons (Fsp3) is 0.227. The molecule has 5 nitrogen and oxygen atoms in total. The molecule has 6 heteroatoms. The highest BCUT2D eigenvalue weighted by atomic mass is 35.5. The maximum absolute atomic E-state index is 12.8. The molecule has 1 aliphatic heterocycles. The summed E-state index contributed by atoms with van der Waals surface area (Å²) in [6.07, 6.45) is 5.28. The van der Waals surface area contributed by atoms with Gasteiger partial charge in [0.1, 0.15) is 0 Å². The van der Waals surface area contributed by atoms with Crippen LogP contribution in [-0.4, -0.2) is 17.7 Å². The van der Waals surface area contributed by atoms with E-state index in [0.29, 0.717) is 29.2 Å². The van der Waals surface area contributed by atoms with Gasteiger partial charge in [-0.15, -0.1) is 0 Å². The van der Waals surface area contributed by atoms with E-state index in [-0.39, 0.29) is 36.0 Å². The van der Waals surface area contributed by atoms with Crippen molar-refractivity contribution in [2.75, 3.05) is 10.2 Å². The Hall–Kier alpha value is -2.92. The molecule has 0 spiro atoms. The number of nitrogens with zero attached hydrogens (tertiary/aromatic N) is 1. The number of rotatable bonds is 4. The Kier molecular flexibility index (Phi) is 5.01. The van der Waals surface area contributed by atoms with Crippen molar-refractivity contribution < 1.29 is 14.4 Å². The zero-order valence-corrected chi connectivity index (χ0v) is 15.9. The minimum absolute atomic E-state index is 0.191. The van der Waals surface area contributed by atoms with Crippen LogP contribution in [0.4, 0.5) is 11.4 Å². The minimum Gasteiger partial charge on any atom is -0.324 e. The lowest BCUT2D eigenvalue weighted by molar-refractivity contribution is -0.122. The van der Waals surface area contributed by atoms with Crippen molar-refractivity contribution in [1.29, 1.82) is 0 Å². The molecule has 0 unspecified atom stereocenters. The summed E-state index contributed by atoms with van der Waals surface area (Å²) in [4.78, 5) is 39.1. The van der Waals surface area contributed by atoms with Crippen LogP contribution in [0.1, 0.15) is 18.4 Å². The third kappa shape index (κ3) is 3.45. The molecule has 4 rings (SSSR count). The van der Waals surface area contributed by atoms with Crippen molar-refractivity contribution in [3.05, 3.63) is 71.3 Å². The monoisotopic (exact) mass is 394 g/mol. The van der Waals surface area contributed by atoms with Gasteiger partial charge in [0.05, 0.1) is 34.7 Å². The van der Waals surface area contributed by atoms with Crippen LogP contribution in [0.3, 0.4) is 0 Å². The molecule has 2 aromatic rings. The van der Waals surface area contributed by atoms with Gasteiger partial charge in [-0.2, -0.15) is 0 Å². The van der Waals surface area contributed by atoms with Gasteiger partial charge in [0.2, 0.25) is 17.7 Å². The number of amides is 3. The van der Waals surface area contributed by atoms with Gasteiger partial charge in [0.25, 0.3) is 0 Å². The first-order valence-electron chi connectivity index (χ1n) is 9.21. The fourth-order valence-electron chi connectivity index (χ4n) is 3.78. The third-order valence-corrected chi connectivity index (χ3v) is 5.53. The van der Waals surface area contributed by atoms with Gasteiger partial charge in [-0.3, -0.25) is 14.4 Å². The van der Waals surface area contributed by atoms with E-state index in [0.717, 1.165) is 5.56 Å². The highest BCUT2D eigenvalue weighted by molar-refractivity contribution is 6.34. The van der Waals surface area contributed by atoms with Gasteiger partial charge in [-0.25, -0.2) is 4.90 Å². The lowest BCUT2D eigenvalue weighted by Crippen LogP contribution is -2.31. The van der Waals surface area contributed by atoms with Crippen LogP contribution in [0.25, 0.3) is 0 Å². The van der Waals surface area contributed by atoms with Gasteiger partial charge in [-0.05, 0) is 36.6 Å². The van der Waals surface area contributed by atoms with Gasteiger partial charge in [-0.1, -0.05) is 54.1 Å². The number of hydrogen-bond acceptors (Lipinski definition) is 3. The van der Waals surface area contributed by atoms with Crippen molar-refractivity contribution in [2.24, 2.45) is 11.8 Å². The third-order valence-electron chi connectivity index (χ3n) is 5.20. The molecule has 0 saturated carbocycles. The molecule has 2 aromatic carbocycles. The molecule has 1 aliphatic carbocycles. The Bertz CT molecular complexity index is 945. The average molecular weight is 395 g/mol. The molecule has 1 fully saturated rings. The SMILES string of the molecule is O=C(Cc1ccccc1)Nc1cc(N2C(=O)[C@@H]3CC=CC[C@H]3C2=O)ccc1Cl. The first-order valence-corrected chi connectivity index (χ1v) is 9.58. The zero-order chi connectivity index (χ0) is 19.7. The summed E-state index contributed by atoms with van der Waals surface area (Å²) >= 11 is 6.23. The summed E-state index contributed by atoms with van der Waals surface area (Å²) in [6.45, 7) is 0. The molecule has 0 aromatic heterocycles. The van der Waals surface area contributed by atoms with Gasteiger partial charge in [0.15, 0.2) is 0 Å². The number of carbonyl (C=O) groups excluding carboxylic acids is 3. The van der Waals surface area contributed by atoms with Crippen molar-refractivity contribution in [1.82, 2.24) is 0 Å². The molecular weight excluding hydrogens is 376 g/mol. The van der Waals surface area contributed by atoms with E-state index >= 15 is 0 Å². The molecule has 1 saturated heterocycles. The number of anilines is 2. The Morgan fingerprint density at radius 2 is 1.64 bits per heavy atom. The zero-order valence-electron chi connectivity index (χ0n) is 15.1. The number of carbonyl (C=O) groups is 3. The van der Waals surface area contributed by atoms with E-state index in [1.807, 2.05) is 42.5 Å². The minimum atomic E-state index is -0.302. The number of nitrogens with one attached hydrogen (secondary N) is 1. The molecule has 0 bridgehead atoms. The molecule has 1 N–H and O–H groups in total. The van der Waals surface area contributed by atoms with Crippen molar-refractivity contribution >= 4 is 40.7 Å². The number of halogens is 1. The Balaban J connectivity index is 1.55. The van der Waals surface area contributed by atoms with Crippen molar-refractivity contribution in [2.45, 2.75) is 19.3 Å². The molecule has 28 heavy (non-hydrogen) atoms. The van der Waals surface area contributed by atoms with E-state index in [1.54, 1.807) is 18.2 Å². The molecular formula is C22H19ClN2O3. The quantitative estimate of drug-likeness (QED) is 0.630. The number of imide groups is 1. The second-order valence-corrected chi connectivity index (χ2v) is 7.45. The van der Waals surface area contributed by atoms with Crippen LogP contribution in [0.2, 0.25) is 5.02 Å². The van der Waals surface area contributed by atoms with E-state index < -0.39 is 0 Å². The Morgan fingerprint density at radius 3 is 2.29 bits per heavy atom. The summed E-state index contributed by atoms with van der Waals surface area (Å²) in [7, 11) is 0. The van der Waals surface area contributed by atoms with Crippen LogP contribution in [0.5, 0.6) is 0 Å². The first kappa shape index (κ1) is 18.4. The number of hydrogen-bond donors (Lipinski definition) is 1. The number of fused-ring (bicyclic) bond motifs is 1. The lowest BCUT2D eigenvalue weighted by Gasteiger charge is -2.17. The standard InChI is InChI=1S/C22H19ClN2O3/c23-18-11-10-15(25-21(27)16-8-4-5-9-17(16)22(25)28)13-19(18)24-20(26)12-14-6-2-1-3-7-14/h1-7,10-11,13,16-17H,8-9,12H2,(H,24,26)/t16-,17-/m1/s1. The van der Waals surface area contributed by atoms with E-state index in [9.17, 15) is 14.4 Å². The average Bonchev–Trinajstić information content (AvgIpc) is 2.95. The maximum atomic E-state index is 12.8. The van der Waals surface area contributed by atoms with Gasteiger partial charge >= 0.3 is 0 Å². The normalized spacial score (nSPS) is 21.0. The highest BCUT2D eigenvalue weighted by Gasteiger charge is 2.47. The van der Waals surface area contributed by atoms with Gasteiger partial charge < -0.3 is 5.32 Å². The Labute approximate surface area is 168 Å². The van der Waals surface area contributed by atoms with Gasteiger partial charge in [0, 0.05) is 0 Å². The fourth-order valence-corrected chi connectivity index (χ4v) is 3.94. The molecule has 0 radical (unpaired) electrons. The summed E-state index contributed by atoms with van der Waals surface area (Å²) in [5, 5.41) is 3.13. The summed E-state index contributed by atoms with van der Waals surface area (Å²) < 4.78 is 0. The molecule has 3 amide bonds. The summed E-state index contributed by atoms with van der Waals surface area (Å²) in [5.74, 6) is -1.21. The topological polar surface area (TPSA) is 66.5 Å². The van der Waals surface area contributed by atoms with Crippen LogP contribution < -0.4 is 10.2 Å². The second-order valence-electron chi connectivity index (χ2n) is 7.04. The molecule has 1 heterocycles. The first-order chi connectivity index (χ1) is 13.5. The summed E-state index contributed by atoms with van der Waals surface area (Å²) in [5.41, 5.74) is 1.70. The van der Waals surface area contributed by atoms with Crippen LogP contribution in [0, 0.1) is 11.8 Å². The molecule has 2 atom stereocenters. The highest BCUT2D eigenvalue weighted by Crippen LogP contribution is 2.39. The number of benzene rings is 2. The number of allylic oxidation sites excluding steroid dienone is 2. The van der Waals surface area contributed by atoms with Crippen molar-refractivity contribution in [3.63, 3.8) is 0 Å². The van der Waals surface area contributed by atoms with Crippen LogP contribution in [0.15, 0.2) is 60.7 Å². The van der Waals surface area contributed by atoms with E-state index in [4.69, 9.17) is 11.6 Å². The summed E-state index contributed by atoms with van der Waals surface area (Å²) in [6, 6.07) is 14.2. The lowest BCUT2D eigenvalue weighted by atomic mass is 9.85. The predicted octanol–water partition coefficient (Wildman–Crippen LogP) is 3.98. The molecule has 142 valence electrons. The predicted molar refractivity (Wildman–Crippen MR) is 108 cm³/mol. The largest absolute Gasteiger partial charge is 0.324 e. The van der Waals surface area contributed by atoms with Crippen LogP contribution >= 0.6 is 11.6 Å². The van der Waals surface area contributed by atoms with Crippen LogP contribution in [-0.2, 0) is 20.8 Å². The smallest absolute Gasteiger partial charge is 0.238 e. The van der Waals surface area contributed by atoms with E-state index in [2.05, 4.69) is 5.32 Å². The van der Waals surface area contributed by atoms with Crippen molar-refractivity contribution in [3.8, 4) is 0 Å². The second kappa shape index (κ2) is 7.60.